The Bertz CT molecular complexity index is 145. The molecule has 0 aliphatic carbocycles. The summed E-state index contributed by atoms with van der Waals surface area (Å²) in [7, 11) is -4.05. The van der Waals surface area contributed by atoms with Gasteiger partial charge in [0.25, 0.3) is 10.1 Å². The standard InChI is InChI=1S/C2H6O4S2/c3-2(7)1-8(4,5)6/h2-3,7H,1H2,(H,4,5,6). The molecular formula is C2H6O4S2. The molecule has 1 atom stereocenters. The number of hydrogen-bond acceptors (Lipinski definition) is 4. The van der Waals surface area contributed by atoms with Crippen molar-refractivity contribution in [3.8, 4) is 0 Å². The molecule has 0 amide bonds. The van der Waals surface area contributed by atoms with Crippen LogP contribution < -0.4 is 0 Å². The van der Waals surface area contributed by atoms with Crippen LogP contribution in [0.2, 0.25) is 0 Å². The zero-order chi connectivity index (χ0) is 6.78. The lowest BCUT2D eigenvalue weighted by molar-refractivity contribution is 0.284. The van der Waals surface area contributed by atoms with Crippen LogP contribution in [0.3, 0.4) is 0 Å². The highest BCUT2D eigenvalue weighted by atomic mass is 32.2. The minimum Gasteiger partial charge on any atom is -0.382 e. The Morgan fingerprint density at radius 3 is 2.00 bits per heavy atom. The van der Waals surface area contributed by atoms with Gasteiger partial charge in [-0.15, -0.1) is 12.6 Å². The van der Waals surface area contributed by atoms with Crippen LogP contribution in [-0.4, -0.2) is 29.3 Å². The molecule has 0 aromatic heterocycles. The molecule has 50 valence electrons. The Morgan fingerprint density at radius 1 is 1.62 bits per heavy atom. The quantitative estimate of drug-likeness (QED) is 0.277. The van der Waals surface area contributed by atoms with Crippen LogP contribution >= 0.6 is 12.6 Å². The first-order chi connectivity index (χ1) is 3.42. The van der Waals surface area contributed by atoms with Gasteiger partial charge < -0.3 is 5.11 Å². The molecule has 0 aromatic rings. The molecule has 1 unspecified atom stereocenters. The minimum absolute atomic E-state index is 0.726. The monoisotopic (exact) mass is 158 g/mol. The normalized spacial score (nSPS) is 15.9. The number of rotatable bonds is 2. The molecule has 4 nitrogen and oxygen atoms in total. The van der Waals surface area contributed by atoms with Crippen LogP contribution in [0.25, 0.3) is 0 Å². The van der Waals surface area contributed by atoms with Gasteiger partial charge in [0.2, 0.25) is 0 Å². The van der Waals surface area contributed by atoms with Crippen molar-refractivity contribution in [1.82, 2.24) is 0 Å². The van der Waals surface area contributed by atoms with Gasteiger partial charge >= 0.3 is 0 Å². The first kappa shape index (κ1) is 8.22. The fourth-order valence-electron chi connectivity index (χ4n) is 0.188. The van der Waals surface area contributed by atoms with Gasteiger partial charge in [-0.1, -0.05) is 0 Å². The minimum atomic E-state index is -4.05. The van der Waals surface area contributed by atoms with E-state index < -0.39 is 21.3 Å². The van der Waals surface area contributed by atoms with Crippen molar-refractivity contribution in [2.45, 2.75) is 5.44 Å². The van der Waals surface area contributed by atoms with Crippen molar-refractivity contribution in [2.24, 2.45) is 0 Å². The lowest BCUT2D eigenvalue weighted by atomic mass is 10.9. The molecule has 8 heavy (non-hydrogen) atoms. The number of aliphatic hydroxyl groups excluding tert-OH is 1. The Kier molecular flexibility index (Phi) is 2.75. The summed E-state index contributed by atoms with van der Waals surface area (Å²) in [6, 6.07) is 0. The van der Waals surface area contributed by atoms with E-state index in [4.69, 9.17) is 9.66 Å². The molecule has 2 N–H and O–H groups in total. The summed E-state index contributed by atoms with van der Waals surface area (Å²) in [5.41, 5.74) is -1.30. The molecule has 0 aromatic carbocycles. The topological polar surface area (TPSA) is 74.6 Å². The second kappa shape index (κ2) is 2.67. The largest absolute Gasteiger partial charge is 0.382 e. The molecular weight excluding hydrogens is 152 g/mol. The van der Waals surface area contributed by atoms with Gasteiger partial charge in [0, 0.05) is 0 Å². The van der Waals surface area contributed by atoms with Gasteiger partial charge in [0.05, 0.1) is 0 Å². The Balaban J connectivity index is 3.75. The van der Waals surface area contributed by atoms with Gasteiger partial charge in [0.15, 0.2) is 0 Å². The summed E-state index contributed by atoms with van der Waals surface area (Å²) in [5, 5.41) is 8.21. The zero-order valence-corrected chi connectivity index (χ0v) is 5.56. The van der Waals surface area contributed by atoms with Crippen LogP contribution in [0.4, 0.5) is 0 Å². The Labute approximate surface area is 52.7 Å². The highest BCUT2D eigenvalue weighted by Gasteiger charge is 2.08. The van der Waals surface area contributed by atoms with Crippen LogP contribution in [-0.2, 0) is 10.1 Å². The summed E-state index contributed by atoms with van der Waals surface area (Å²) >= 11 is 3.31. The first-order valence-corrected chi connectivity index (χ1v) is 3.85. The molecule has 6 heteroatoms. The Morgan fingerprint density at radius 2 is 2.00 bits per heavy atom. The van der Waals surface area contributed by atoms with E-state index in [-0.39, 0.29) is 0 Å². The SMILES string of the molecule is O=S(=O)(O)CC(O)S. The molecule has 0 rings (SSSR count). The van der Waals surface area contributed by atoms with Gasteiger partial charge in [-0.3, -0.25) is 4.55 Å². The lowest BCUT2D eigenvalue weighted by Crippen LogP contribution is -2.14. The van der Waals surface area contributed by atoms with Gasteiger partial charge in [-0.05, 0) is 0 Å². The average Bonchev–Trinajstić information content (AvgIpc) is 1.21. The smallest absolute Gasteiger partial charge is 0.268 e. The third-order valence-corrected chi connectivity index (χ3v) is 1.53. The summed E-state index contributed by atoms with van der Waals surface area (Å²) in [4.78, 5) is 0. The third kappa shape index (κ3) is 6.22. The average molecular weight is 158 g/mol. The van der Waals surface area contributed by atoms with E-state index in [0.717, 1.165) is 0 Å². The maximum Gasteiger partial charge on any atom is 0.268 e. The highest BCUT2D eigenvalue weighted by molar-refractivity contribution is 7.88. The maximum atomic E-state index is 9.79. The van der Waals surface area contributed by atoms with Crippen molar-refractivity contribution in [3.05, 3.63) is 0 Å². The van der Waals surface area contributed by atoms with Gasteiger partial charge in [-0.2, -0.15) is 8.42 Å². The summed E-state index contributed by atoms with van der Waals surface area (Å²) in [6.07, 6.45) is 0. The van der Waals surface area contributed by atoms with E-state index in [1.54, 1.807) is 0 Å². The number of thiol groups is 1. The zero-order valence-electron chi connectivity index (χ0n) is 3.85. The van der Waals surface area contributed by atoms with Gasteiger partial charge in [-0.25, -0.2) is 0 Å². The molecule has 0 spiro atoms. The highest BCUT2D eigenvalue weighted by Crippen LogP contribution is 1.92. The molecule has 0 saturated heterocycles. The summed E-state index contributed by atoms with van der Waals surface area (Å²) in [5.74, 6) is -0.726. The van der Waals surface area contributed by atoms with E-state index in [2.05, 4.69) is 12.6 Å². The van der Waals surface area contributed by atoms with Crippen molar-refractivity contribution < 1.29 is 18.1 Å². The predicted molar refractivity (Wildman–Crippen MR) is 31.4 cm³/mol. The number of aliphatic hydroxyl groups is 1. The first-order valence-electron chi connectivity index (χ1n) is 1.73. The molecule has 0 fully saturated rings. The van der Waals surface area contributed by atoms with Crippen LogP contribution in [0.1, 0.15) is 0 Å². The molecule has 0 bridgehead atoms. The van der Waals surface area contributed by atoms with Crippen molar-refractivity contribution in [1.29, 1.82) is 0 Å². The van der Waals surface area contributed by atoms with Crippen LogP contribution in [0.15, 0.2) is 0 Å². The van der Waals surface area contributed by atoms with Crippen molar-refractivity contribution in [3.63, 3.8) is 0 Å². The van der Waals surface area contributed by atoms with Gasteiger partial charge in [0.1, 0.15) is 11.2 Å². The van der Waals surface area contributed by atoms with E-state index in [0.29, 0.717) is 0 Å². The second-order valence-corrected chi connectivity index (χ2v) is 3.32. The Hall–Kier alpha value is 0.220. The predicted octanol–water partition coefficient (Wildman–Crippen LogP) is -0.878. The molecule has 0 saturated carbocycles. The van der Waals surface area contributed by atoms with E-state index in [1.165, 1.54) is 0 Å². The summed E-state index contributed by atoms with van der Waals surface area (Å²) < 4.78 is 27.5. The van der Waals surface area contributed by atoms with Crippen molar-refractivity contribution in [2.75, 3.05) is 5.75 Å². The lowest BCUT2D eigenvalue weighted by Gasteiger charge is -1.96. The maximum absolute atomic E-state index is 9.79. The molecule has 0 aliphatic rings. The van der Waals surface area contributed by atoms with Crippen LogP contribution in [0.5, 0.6) is 0 Å². The van der Waals surface area contributed by atoms with Crippen LogP contribution in [0, 0.1) is 0 Å². The van der Waals surface area contributed by atoms with E-state index in [1.807, 2.05) is 0 Å². The number of hydrogen-bond donors (Lipinski definition) is 3. The molecule has 0 aliphatic heterocycles. The fourth-order valence-corrected chi connectivity index (χ4v) is 1.13. The third-order valence-electron chi connectivity index (χ3n) is 0.360. The summed E-state index contributed by atoms with van der Waals surface area (Å²) in [6.45, 7) is 0. The second-order valence-electron chi connectivity index (χ2n) is 1.23. The van der Waals surface area contributed by atoms with E-state index in [9.17, 15) is 8.42 Å². The molecule has 0 heterocycles. The fraction of sp³-hybridized carbons (Fsp3) is 1.00. The molecule has 0 radical (unpaired) electrons. The van der Waals surface area contributed by atoms with Crippen molar-refractivity contribution >= 4 is 22.7 Å². The van der Waals surface area contributed by atoms with E-state index >= 15 is 0 Å².